The van der Waals surface area contributed by atoms with Crippen LogP contribution in [0.4, 0.5) is 0 Å². The molecule has 4 heteroatoms. The Bertz CT molecular complexity index is 739. The standard InChI is InChI=1S/C23H30N2O2/c1-17(2)21-13-10-19(11-14-21)12-15-22(26)25(18(3)23(27)24-4)16-20-8-6-5-7-9-20/h5-11,13-14,17-18H,12,15-16H2,1-4H3,(H,24,27). The van der Waals surface area contributed by atoms with Crippen LogP contribution in [0.5, 0.6) is 0 Å². The van der Waals surface area contributed by atoms with Crippen LogP contribution in [0.25, 0.3) is 0 Å². The molecule has 0 saturated heterocycles. The van der Waals surface area contributed by atoms with Gasteiger partial charge in [-0.05, 0) is 36.0 Å². The second-order valence-electron chi connectivity index (χ2n) is 7.19. The number of nitrogens with one attached hydrogen (secondary N) is 1. The molecule has 0 heterocycles. The maximum absolute atomic E-state index is 12.9. The minimum atomic E-state index is -0.508. The van der Waals surface area contributed by atoms with Crippen LogP contribution in [0.3, 0.4) is 0 Å². The molecule has 1 N–H and O–H groups in total. The number of carbonyl (C=O) groups excluding carboxylic acids is 2. The van der Waals surface area contributed by atoms with Crippen molar-refractivity contribution in [3.63, 3.8) is 0 Å². The van der Waals surface area contributed by atoms with E-state index in [1.807, 2.05) is 30.3 Å². The molecule has 0 aliphatic carbocycles. The number of aryl methyl sites for hydroxylation is 1. The summed E-state index contributed by atoms with van der Waals surface area (Å²) in [6.07, 6.45) is 1.05. The zero-order chi connectivity index (χ0) is 19.8. The molecule has 0 bridgehead atoms. The van der Waals surface area contributed by atoms with Gasteiger partial charge in [0.15, 0.2) is 0 Å². The summed E-state index contributed by atoms with van der Waals surface area (Å²) in [4.78, 5) is 26.7. The van der Waals surface area contributed by atoms with E-state index in [0.29, 0.717) is 25.3 Å². The Morgan fingerprint density at radius 3 is 2.11 bits per heavy atom. The van der Waals surface area contributed by atoms with Crippen LogP contribution in [-0.2, 0) is 22.6 Å². The summed E-state index contributed by atoms with van der Waals surface area (Å²) in [6, 6.07) is 17.7. The number of amides is 2. The van der Waals surface area contributed by atoms with Crippen LogP contribution in [0.2, 0.25) is 0 Å². The van der Waals surface area contributed by atoms with Gasteiger partial charge in [0.05, 0.1) is 0 Å². The first-order valence-corrected chi connectivity index (χ1v) is 9.56. The van der Waals surface area contributed by atoms with Crippen molar-refractivity contribution in [1.82, 2.24) is 10.2 Å². The van der Waals surface area contributed by atoms with Crippen molar-refractivity contribution in [2.75, 3.05) is 7.05 Å². The van der Waals surface area contributed by atoms with E-state index in [-0.39, 0.29) is 11.8 Å². The molecular weight excluding hydrogens is 336 g/mol. The summed E-state index contributed by atoms with van der Waals surface area (Å²) in [5.74, 6) is 0.332. The van der Waals surface area contributed by atoms with Gasteiger partial charge in [-0.2, -0.15) is 0 Å². The molecule has 1 unspecified atom stereocenters. The van der Waals surface area contributed by atoms with E-state index >= 15 is 0 Å². The first kappa shape index (κ1) is 20.7. The van der Waals surface area contributed by atoms with Crippen molar-refractivity contribution in [3.8, 4) is 0 Å². The minimum absolute atomic E-state index is 0.0112. The summed E-state index contributed by atoms with van der Waals surface area (Å²) in [5, 5.41) is 2.64. The minimum Gasteiger partial charge on any atom is -0.357 e. The molecule has 27 heavy (non-hydrogen) atoms. The van der Waals surface area contributed by atoms with Gasteiger partial charge in [0.25, 0.3) is 0 Å². The van der Waals surface area contributed by atoms with Crippen molar-refractivity contribution in [1.29, 1.82) is 0 Å². The fraction of sp³-hybridized carbons (Fsp3) is 0.391. The molecule has 4 nitrogen and oxygen atoms in total. The molecule has 0 aliphatic rings. The predicted molar refractivity (Wildman–Crippen MR) is 109 cm³/mol. The van der Waals surface area contributed by atoms with Crippen molar-refractivity contribution < 1.29 is 9.59 Å². The van der Waals surface area contributed by atoms with E-state index < -0.39 is 6.04 Å². The highest BCUT2D eigenvalue weighted by molar-refractivity contribution is 5.87. The van der Waals surface area contributed by atoms with Crippen molar-refractivity contribution in [2.45, 2.75) is 52.1 Å². The van der Waals surface area contributed by atoms with Crippen LogP contribution in [0.15, 0.2) is 54.6 Å². The quantitative estimate of drug-likeness (QED) is 0.770. The third-order valence-corrected chi connectivity index (χ3v) is 4.88. The number of likely N-dealkylation sites (N-methyl/N-ethyl adjacent to an activating group) is 1. The molecule has 2 aromatic rings. The van der Waals surface area contributed by atoms with Crippen molar-refractivity contribution >= 4 is 11.8 Å². The monoisotopic (exact) mass is 366 g/mol. The third-order valence-electron chi connectivity index (χ3n) is 4.88. The van der Waals surface area contributed by atoms with Crippen LogP contribution >= 0.6 is 0 Å². The van der Waals surface area contributed by atoms with E-state index in [0.717, 1.165) is 11.1 Å². The van der Waals surface area contributed by atoms with E-state index in [4.69, 9.17) is 0 Å². The maximum atomic E-state index is 12.9. The Morgan fingerprint density at radius 1 is 0.926 bits per heavy atom. The lowest BCUT2D eigenvalue weighted by Crippen LogP contribution is -2.46. The van der Waals surface area contributed by atoms with Gasteiger partial charge in [-0.1, -0.05) is 68.4 Å². The van der Waals surface area contributed by atoms with Crippen LogP contribution in [0, 0.1) is 0 Å². The van der Waals surface area contributed by atoms with Crippen LogP contribution in [-0.4, -0.2) is 29.8 Å². The Labute approximate surface area is 162 Å². The lowest BCUT2D eigenvalue weighted by atomic mass is 10.00. The first-order valence-electron chi connectivity index (χ1n) is 9.56. The molecule has 1 atom stereocenters. The highest BCUT2D eigenvalue weighted by atomic mass is 16.2. The Kier molecular flexibility index (Phi) is 7.59. The Hall–Kier alpha value is -2.62. The predicted octanol–water partition coefficient (Wildman–Crippen LogP) is 3.91. The average Bonchev–Trinajstić information content (AvgIpc) is 2.70. The van der Waals surface area contributed by atoms with Gasteiger partial charge < -0.3 is 10.2 Å². The van der Waals surface area contributed by atoms with Gasteiger partial charge in [-0.25, -0.2) is 0 Å². The summed E-state index contributed by atoms with van der Waals surface area (Å²) in [6.45, 7) is 6.54. The van der Waals surface area contributed by atoms with Gasteiger partial charge in [0, 0.05) is 20.0 Å². The normalized spacial score (nSPS) is 11.9. The van der Waals surface area contributed by atoms with Crippen LogP contribution < -0.4 is 5.32 Å². The van der Waals surface area contributed by atoms with Gasteiger partial charge in [-0.3, -0.25) is 9.59 Å². The van der Waals surface area contributed by atoms with E-state index in [1.54, 1.807) is 18.9 Å². The van der Waals surface area contributed by atoms with Gasteiger partial charge in [0.1, 0.15) is 6.04 Å². The second-order valence-corrected chi connectivity index (χ2v) is 7.19. The van der Waals surface area contributed by atoms with E-state index in [9.17, 15) is 9.59 Å². The van der Waals surface area contributed by atoms with Crippen molar-refractivity contribution in [3.05, 3.63) is 71.3 Å². The topological polar surface area (TPSA) is 49.4 Å². The third kappa shape index (κ3) is 5.95. The summed E-state index contributed by atoms with van der Waals surface area (Å²) in [7, 11) is 1.60. The number of hydrogen-bond donors (Lipinski definition) is 1. The molecular formula is C23H30N2O2. The lowest BCUT2D eigenvalue weighted by molar-refractivity contribution is -0.140. The summed E-state index contributed by atoms with van der Waals surface area (Å²) in [5.41, 5.74) is 3.45. The fourth-order valence-corrected chi connectivity index (χ4v) is 3.04. The number of benzene rings is 2. The molecule has 2 rings (SSSR count). The zero-order valence-electron chi connectivity index (χ0n) is 16.7. The molecule has 0 fully saturated rings. The Balaban J connectivity index is 2.07. The molecule has 2 amide bonds. The smallest absolute Gasteiger partial charge is 0.242 e. The molecule has 0 spiro atoms. The van der Waals surface area contributed by atoms with Crippen LogP contribution in [0.1, 0.15) is 49.8 Å². The number of rotatable bonds is 8. The molecule has 0 aromatic heterocycles. The number of nitrogens with zero attached hydrogens (tertiary/aromatic N) is 1. The first-order chi connectivity index (χ1) is 12.9. The maximum Gasteiger partial charge on any atom is 0.242 e. The molecule has 0 radical (unpaired) electrons. The summed E-state index contributed by atoms with van der Waals surface area (Å²) >= 11 is 0. The Morgan fingerprint density at radius 2 is 1.56 bits per heavy atom. The largest absolute Gasteiger partial charge is 0.357 e. The number of hydrogen-bond acceptors (Lipinski definition) is 2. The second kappa shape index (κ2) is 9.91. The molecule has 2 aromatic carbocycles. The van der Waals surface area contributed by atoms with Gasteiger partial charge in [-0.15, -0.1) is 0 Å². The SMILES string of the molecule is CNC(=O)C(C)N(Cc1ccccc1)C(=O)CCc1ccc(C(C)C)cc1. The van der Waals surface area contributed by atoms with E-state index in [2.05, 4.69) is 43.4 Å². The molecule has 144 valence electrons. The fourth-order valence-electron chi connectivity index (χ4n) is 3.04. The zero-order valence-corrected chi connectivity index (χ0v) is 16.7. The van der Waals surface area contributed by atoms with Gasteiger partial charge >= 0.3 is 0 Å². The average molecular weight is 367 g/mol. The number of carbonyl (C=O) groups is 2. The highest BCUT2D eigenvalue weighted by Gasteiger charge is 2.25. The van der Waals surface area contributed by atoms with E-state index in [1.165, 1.54) is 5.56 Å². The highest BCUT2D eigenvalue weighted by Crippen LogP contribution is 2.17. The molecule has 0 saturated carbocycles. The van der Waals surface area contributed by atoms with Gasteiger partial charge in [0.2, 0.25) is 11.8 Å². The van der Waals surface area contributed by atoms with Crippen molar-refractivity contribution in [2.24, 2.45) is 0 Å². The molecule has 0 aliphatic heterocycles. The summed E-state index contributed by atoms with van der Waals surface area (Å²) < 4.78 is 0. The lowest BCUT2D eigenvalue weighted by Gasteiger charge is -2.28.